The minimum Gasteiger partial charge on any atom is -0.462 e. The molecule has 1 heterocycles. The zero-order valence-electron chi connectivity index (χ0n) is 14.0. The maximum atomic E-state index is 12.3. The average molecular weight is 348 g/mol. The Kier molecular flexibility index (Phi) is 6.62. The third-order valence-electron chi connectivity index (χ3n) is 3.77. The Balaban J connectivity index is 2.47. The lowest BCUT2D eigenvalue weighted by Gasteiger charge is -2.15. The van der Waals surface area contributed by atoms with E-state index in [4.69, 9.17) is 16.3 Å². The molecule has 0 amide bonds. The van der Waals surface area contributed by atoms with Crippen molar-refractivity contribution in [3.8, 4) is 11.3 Å². The molecule has 0 fully saturated rings. The molecule has 0 atom stereocenters. The van der Waals surface area contributed by atoms with Gasteiger partial charge in [-0.1, -0.05) is 43.5 Å². The number of esters is 1. The average Bonchev–Trinajstić information content (AvgIpc) is 2.57. The number of pyridine rings is 1. The Labute approximate surface area is 147 Å². The van der Waals surface area contributed by atoms with Crippen LogP contribution in [0.25, 0.3) is 11.3 Å². The summed E-state index contributed by atoms with van der Waals surface area (Å²) < 4.78 is 6.93. The van der Waals surface area contributed by atoms with E-state index in [1.54, 1.807) is 25.3 Å². The number of unbranched alkanes of at least 4 members (excludes halogenated alkanes) is 2. The standard InChI is InChI=1S/C19H22ClNO3/c1-3-5-6-11-21-13-16(19(23)24-4-2)18(22)12-17(21)14-7-9-15(20)10-8-14/h7-10,12-13H,3-6,11H2,1-2H3. The lowest BCUT2D eigenvalue weighted by atomic mass is 10.1. The number of benzene rings is 1. The number of hydrogen-bond donors (Lipinski definition) is 0. The van der Waals surface area contributed by atoms with Crippen LogP contribution in [-0.2, 0) is 11.3 Å². The fourth-order valence-corrected chi connectivity index (χ4v) is 2.65. The molecule has 0 saturated heterocycles. The summed E-state index contributed by atoms with van der Waals surface area (Å²) in [5.74, 6) is -0.575. The van der Waals surface area contributed by atoms with Gasteiger partial charge in [0, 0.05) is 23.8 Å². The summed E-state index contributed by atoms with van der Waals surface area (Å²) in [6.07, 6.45) is 4.77. The van der Waals surface area contributed by atoms with Crippen molar-refractivity contribution >= 4 is 17.6 Å². The van der Waals surface area contributed by atoms with E-state index in [0.717, 1.165) is 37.1 Å². The normalized spacial score (nSPS) is 10.6. The Bertz CT molecular complexity index is 750. The SMILES string of the molecule is CCCCCn1cc(C(=O)OCC)c(=O)cc1-c1ccc(Cl)cc1. The van der Waals surface area contributed by atoms with Gasteiger partial charge in [0.15, 0.2) is 5.43 Å². The zero-order chi connectivity index (χ0) is 17.5. The number of aryl methyl sites for hydroxylation is 1. The van der Waals surface area contributed by atoms with Crippen LogP contribution in [0, 0.1) is 0 Å². The van der Waals surface area contributed by atoms with Crippen LogP contribution in [0.3, 0.4) is 0 Å². The van der Waals surface area contributed by atoms with Crippen molar-refractivity contribution in [2.24, 2.45) is 0 Å². The number of nitrogens with zero attached hydrogens (tertiary/aromatic N) is 1. The van der Waals surface area contributed by atoms with E-state index in [1.807, 2.05) is 16.7 Å². The van der Waals surface area contributed by atoms with Crippen molar-refractivity contribution in [3.05, 3.63) is 57.3 Å². The third-order valence-corrected chi connectivity index (χ3v) is 4.02. The number of carbonyl (C=O) groups is 1. The molecule has 0 spiro atoms. The lowest BCUT2D eigenvalue weighted by Crippen LogP contribution is -2.20. The van der Waals surface area contributed by atoms with Crippen LogP contribution >= 0.6 is 11.6 Å². The molecule has 0 unspecified atom stereocenters. The van der Waals surface area contributed by atoms with Crippen LogP contribution < -0.4 is 5.43 Å². The highest BCUT2D eigenvalue weighted by Gasteiger charge is 2.15. The van der Waals surface area contributed by atoms with Gasteiger partial charge in [-0.15, -0.1) is 0 Å². The summed E-state index contributed by atoms with van der Waals surface area (Å²) in [6.45, 7) is 4.83. The fourth-order valence-electron chi connectivity index (χ4n) is 2.52. The number of ether oxygens (including phenoxy) is 1. The second kappa shape index (κ2) is 8.69. The van der Waals surface area contributed by atoms with Gasteiger partial charge in [-0.05, 0) is 31.0 Å². The molecule has 2 rings (SSSR count). The molecule has 0 aliphatic carbocycles. The Hall–Kier alpha value is -2.07. The third kappa shape index (κ3) is 4.48. The molecule has 4 nitrogen and oxygen atoms in total. The molecule has 0 saturated carbocycles. The molecule has 0 bridgehead atoms. The second-order valence-corrected chi connectivity index (χ2v) is 6.00. The molecular weight excluding hydrogens is 326 g/mol. The summed E-state index contributed by atoms with van der Waals surface area (Å²) in [5.41, 5.74) is 1.42. The fraction of sp³-hybridized carbons (Fsp3) is 0.368. The van der Waals surface area contributed by atoms with Crippen LogP contribution in [0.15, 0.2) is 41.3 Å². The molecule has 1 aromatic carbocycles. The topological polar surface area (TPSA) is 48.3 Å². The Morgan fingerprint density at radius 3 is 2.50 bits per heavy atom. The van der Waals surface area contributed by atoms with Crippen molar-refractivity contribution in [1.82, 2.24) is 4.57 Å². The van der Waals surface area contributed by atoms with Crippen molar-refractivity contribution in [3.63, 3.8) is 0 Å². The van der Waals surface area contributed by atoms with Gasteiger partial charge in [0.25, 0.3) is 0 Å². The first kappa shape index (κ1) is 18.3. The van der Waals surface area contributed by atoms with Crippen LogP contribution in [-0.4, -0.2) is 17.1 Å². The monoisotopic (exact) mass is 347 g/mol. The maximum absolute atomic E-state index is 12.3. The first-order valence-corrected chi connectivity index (χ1v) is 8.62. The van der Waals surface area contributed by atoms with Gasteiger partial charge in [0.1, 0.15) is 5.56 Å². The van der Waals surface area contributed by atoms with Gasteiger partial charge in [-0.3, -0.25) is 4.79 Å². The van der Waals surface area contributed by atoms with E-state index in [1.165, 1.54) is 6.07 Å². The second-order valence-electron chi connectivity index (χ2n) is 5.56. The van der Waals surface area contributed by atoms with Gasteiger partial charge in [-0.25, -0.2) is 4.79 Å². The number of carbonyl (C=O) groups excluding carboxylic acids is 1. The van der Waals surface area contributed by atoms with E-state index in [9.17, 15) is 9.59 Å². The van der Waals surface area contributed by atoms with E-state index in [-0.39, 0.29) is 17.6 Å². The van der Waals surface area contributed by atoms with Crippen LogP contribution in [0.5, 0.6) is 0 Å². The Morgan fingerprint density at radius 2 is 1.88 bits per heavy atom. The molecule has 0 aliphatic heterocycles. The van der Waals surface area contributed by atoms with Gasteiger partial charge < -0.3 is 9.30 Å². The summed E-state index contributed by atoms with van der Waals surface area (Å²) in [5, 5.41) is 0.641. The van der Waals surface area contributed by atoms with E-state index in [0.29, 0.717) is 5.02 Å². The first-order chi connectivity index (χ1) is 11.6. The first-order valence-electron chi connectivity index (χ1n) is 8.24. The number of hydrogen-bond acceptors (Lipinski definition) is 3. The molecule has 0 radical (unpaired) electrons. The molecule has 128 valence electrons. The van der Waals surface area contributed by atoms with Crippen LogP contribution in [0.1, 0.15) is 43.5 Å². The zero-order valence-corrected chi connectivity index (χ0v) is 14.8. The van der Waals surface area contributed by atoms with E-state index < -0.39 is 5.97 Å². The largest absolute Gasteiger partial charge is 0.462 e. The van der Waals surface area contributed by atoms with Gasteiger partial charge in [0.05, 0.1) is 12.3 Å². The van der Waals surface area contributed by atoms with Crippen molar-refractivity contribution in [2.45, 2.75) is 39.7 Å². The number of rotatable bonds is 7. The highest BCUT2D eigenvalue weighted by molar-refractivity contribution is 6.30. The van der Waals surface area contributed by atoms with Crippen molar-refractivity contribution < 1.29 is 9.53 Å². The highest BCUT2D eigenvalue weighted by Crippen LogP contribution is 2.22. The van der Waals surface area contributed by atoms with E-state index >= 15 is 0 Å². The van der Waals surface area contributed by atoms with Crippen molar-refractivity contribution in [2.75, 3.05) is 6.61 Å². The van der Waals surface area contributed by atoms with Gasteiger partial charge >= 0.3 is 5.97 Å². The molecule has 2 aromatic rings. The molecule has 0 aliphatic rings. The lowest BCUT2D eigenvalue weighted by molar-refractivity contribution is 0.0524. The summed E-state index contributed by atoms with van der Waals surface area (Å²) in [4.78, 5) is 24.3. The number of halogens is 1. The molecule has 0 N–H and O–H groups in total. The smallest absolute Gasteiger partial charge is 0.343 e. The predicted octanol–water partition coefficient (Wildman–Crippen LogP) is 4.54. The molecule has 24 heavy (non-hydrogen) atoms. The van der Waals surface area contributed by atoms with E-state index in [2.05, 4.69) is 6.92 Å². The van der Waals surface area contributed by atoms with Gasteiger partial charge in [0.2, 0.25) is 0 Å². The highest BCUT2D eigenvalue weighted by atomic mass is 35.5. The molecule has 5 heteroatoms. The number of aromatic nitrogens is 1. The summed E-state index contributed by atoms with van der Waals surface area (Å²) in [6, 6.07) is 8.82. The van der Waals surface area contributed by atoms with Gasteiger partial charge in [-0.2, -0.15) is 0 Å². The van der Waals surface area contributed by atoms with Crippen LogP contribution in [0.4, 0.5) is 0 Å². The maximum Gasteiger partial charge on any atom is 0.343 e. The summed E-state index contributed by atoms with van der Waals surface area (Å²) in [7, 11) is 0. The molecule has 1 aromatic heterocycles. The Morgan fingerprint density at radius 1 is 1.17 bits per heavy atom. The summed E-state index contributed by atoms with van der Waals surface area (Å²) >= 11 is 5.94. The minimum absolute atomic E-state index is 0.0751. The quantitative estimate of drug-likeness (QED) is 0.546. The predicted molar refractivity (Wildman–Crippen MR) is 96.6 cm³/mol. The van der Waals surface area contributed by atoms with Crippen molar-refractivity contribution in [1.29, 1.82) is 0 Å². The molecular formula is C19H22ClNO3. The van der Waals surface area contributed by atoms with Crippen LogP contribution in [0.2, 0.25) is 5.02 Å². The minimum atomic E-state index is -0.575.